The molecule has 1 amide bonds. The molecule has 0 atom stereocenters. The van der Waals surface area contributed by atoms with Crippen molar-refractivity contribution in [2.45, 2.75) is 45.8 Å². The molecule has 1 saturated heterocycles. The second-order valence-corrected chi connectivity index (χ2v) is 9.40. The average Bonchev–Trinajstić information content (AvgIpc) is 3.15. The van der Waals surface area contributed by atoms with Crippen LogP contribution >= 0.6 is 12.2 Å². The summed E-state index contributed by atoms with van der Waals surface area (Å²) >= 11 is 5.77. The molecule has 3 aromatic rings. The lowest BCUT2D eigenvalue weighted by molar-refractivity contribution is -0.138. The van der Waals surface area contributed by atoms with Gasteiger partial charge in [0.2, 0.25) is 5.91 Å². The number of amides is 1. The second kappa shape index (κ2) is 9.97. The number of benzene rings is 1. The molecule has 0 N–H and O–H groups in total. The predicted molar refractivity (Wildman–Crippen MR) is 132 cm³/mol. The van der Waals surface area contributed by atoms with Crippen molar-refractivity contribution in [3.8, 4) is 11.4 Å². The van der Waals surface area contributed by atoms with E-state index in [1.54, 1.807) is 12.4 Å². The Bertz CT molecular complexity index is 1130. The van der Waals surface area contributed by atoms with Crippen molar-refractivity contribution in [2.24, 2.45) is 0 Å². The molecule has 0 unspecified atom stereocenters. The summed E-state index contributed by atoms with van der Waals surface area (Å²) in [5.74, 6) is 1.06. The number of hydrogen-bond donors (Lipinski definition) is 0. The summed E-state index contributed by atoms with van der Waals surface area (Å²) in [7, 11) is 0. The summed E-state index contributed by atoms with van der Waals surface area (Å²) in [4.78, 5) is 21.7. The number of rotatable bonds is 7. The fraction of sp³-hybridized carbons (Fsp3) is 0.440. The lowest BCUT2D eigenvalue weighted by atomic mass is 9.83. The van der Waals surface area contributed by atoms with E-state index in [-0.39, 0.29) is 5.91 Å². The third-order valence-electron chi connectivity index (χ3n) is 6.33. The highest BCUT2D eigenvalue weighted by Crippen LogP contribution is 2.26. The molecule has 2 aromatic heterocycles. The van der Waals surface area contributed by atoms with Crippen LogP contribution < -0.4 is 0 Å². The first-order chi connectivity index (χ1) is 15.9. The summed E-state index contributed by atoms with van der Waals surface area (Å²) < 4.78 is 4.74. The molecule has 8 heteroatoms. The predicted octanol–water partition coefficient (Wildman–Crippen LogP) is 3.97. The van der Waals surface area contributed by atoms with Crippen molar-refractivity contribution in [1.82, 2.24) is 29.1 Å². The normalized spacial score (nSPS) is 15.1. The molecule has 0 aliphatic carbocycles. The molecule has 1 aromatic carbocycles. The van der Waals surface area contributed by atoms with Crippen LogP contribution in [0.15, 0.2) is 54.9 Å². The van der Waals surface area contributed by atoms with E-state index >= 15 is 0 Å². The summed E-state index contributed by atoms with van der Waals surface area (Å²) in [6, 6.07) is 14.0. The largest absolute Gasteiger partial charge is 0.339 e. The smallest absolute Gasteiger partial charge is 0.232 e. The van der Waals surface area contributed by atoms with Crippen molar-refractivity contribution in [3.63, 3.8) is 0 Å². The number of hydrogen-bond acceptors (Lipinski definition) is 5. The lowest BCUT2D eigenvalue weighted by Gasteiger charge is -2.38. The van der Waals surface area contributed by atoms with Gasteiger partial charge >= 0.3 is 0 Å². The van der Waals surface area contributed by atoms with Crippen LogP contribution in [0.2, 0.25) is 0 Å². The zero-order valence-electron chi connectivity index (χ0n) is 19.6. The van der Waals surface area contributed by atoms with E-state index in [1.807, 2.05) is 65.9 Å². The first kappa shape index (κ1) is 23.3. The Kier molecular flexibility index (Phi) is 7.05. The van der Waals surface area contributed by atoms with Gasteiger partial charge in [0, 0.05) is 50.7 Å². The summed E-state index contributed by atoms with van der Waals surface area (Å²) in [6.45, 7) is 10.6. The van der Waals surface area contributed by atoms with Gasteiger partial charge in [-0.15, -0.1) is 0 Å². The molecule has 4 rings (SSSR count). The van der Waals surface area contributed by atoms with Crippen molar-refractivity contribution in [2.75, 3.05) is 26.2 Å². The van der Waals surface area contributed by atoms with E-state index in [1.165, 1.54) is 0 Å². The van der Waals surface area contributed by atoms with Gasteiger partial charge < -0.3 is 4.90 Å². The highest BCUT2D eigenvalue weighted by Gasteiger charge is 2.35. The quantitative estimate of drug-likeness (QED) is 0.495. The maximum Gasteiger partial charge on any atom is 0.232 e. The van der Waals surface area contributed by atoms with Gasteiger partial charge in [0.15, 0.2) is 10.6 Å². The molecule has 0 spiro atoms. The van der Waals surface area contributed by atoms with Crippen LogP contribution in [0.4, 0.5) is 0 Å². The zero-order valence-corrected chi connectivity index (χ0v) is 20.5. The van der Waals surface area contributed by atoms with Crippen LogP contribution in [0.25, 0.3) is 11.4 Å². The Balaban J connectivity index is 1.44. The van der Waals surface area contributed by atoms with E-state index in [0.29, 0.717) is 19.8 Å². The first-order valence-corrected chi connectivity index (χ1v) is 12.0. The van der Waals surface area contributed by atoms with Gasteiger partial charge in [-0.05, 0) is 50.2 Å². The van der Waals surface area contributed by atoms with Crippen molar-refractivity contribution in [3.05, 3.63) is 65.2 Å². The molecular weight excluding hydrogens is 432 g/mol. The molecule has 1 aliphatic rings. The summed E-state index contributed by atoms with van der Waals surface area (Å²) in [5.41, 5.74) is 1.53. The SMILES string of the molecule is CCCn1c(-c2ccncc2)nn(CN2CCN(C(=O)C(C)(C)c3ccccc3)CC2)c1=S. The molecule has 0 radical (unpaired) electrons. The van der Waals surface area contributed by atoms with E-state index < -0.39 is 5.41 Å². The van der Waals surface area contributed by atoms with Gasteiger partial charge in [-0.1, -0.05) is 37.3 Å². The Morgan fingerprint density at radius 2 is 1.70 bits per heavy atom. The third-order valence-corrected chi connectivity index (χ3v) is 6.76. The lowest BCUT2D eigenvalue weighted by Crippen LogP contribution is -2.53. The monoisotopic (exact) mass is 464 g/mol. The second-order valence-electron chi connectivity index (χ2n) is 9.04. The number of carbonyl (C=O) groups is 1. The topological polar surface area (TPSA) is 59.2 Å². The molecule has 0 bridgehead atoms. The van der Waals surface area contributed by atoms with E-state index in [9.17, 15) is 4.79 Å². The molecule has 0 saturated carbocycles. The Morgan fingerprint density at radius 1 is 1.03 bits per heavy atom. The van der Waals surface area contributed by atoms with Gasteiger partial charge in [0.05, 0.1) is 12.1 Å². The van der Waals surface area contributed by atoms with Crippen LogP contribution in [0, 0.1) is 4.77 Å². The maximum atomic E-state index is 13.3. The minimum atomic E-state index is -0.537. The van der Waals surface area contributed by atoms with Gasteiger partial charge in [0.25, 0.3) is 0 Å². The number of pyridine rings is 1. The zero-order chi connectivity index (χ0) is 23.4. The fourth-order valence-corrected chi connectivity index (χ4v) is 4.60. The molecular formula is C25H32N6OS. The summed E-state index contributed by atoms with van der Waals surface area (Å²) in [6.07, 6.45) is 4.54. The van der Waals surface area contributed by atoms with E-state index in [4.69, 9.17) is 17.3 Å². The number of nitrogens with zero attached hydrogens (tertiary/aromatic N) is 6. The minimum absolute atomic E-state index is 0.178. The van der Waals surface area contributed by atoms with Crippen LogP contribution in [-0.4, -0.2) is 61.2 Å². The maximum absolute atomic E-state index is 13.3. The Labute approximate surface area is 200 Å². The molecule has 174 valence electrons. The van der Waals surface area contributed by atoms with Crippen molar-refractivity contribution in [1.29, 1.82) is 0 Å². The van der Waals surface area contributed by atoms with Gasteiger partial charge in [-0.2, -0.15) is 5.10 Å². The van der Waals surface area contributed by atoms with Crippen molar-refractivity contribution >= 4 is 18.1 Å². The molecule has 7 nitrogen and oxygen atoms in total. The highest BCUT2D eigenvalue weighted by atomic mass is 32.1. The molecule has 1 aliphatic heterocycles. The average molecular weight is 465 g/mol. The third kappa shape index (κ3) is 4.91. The van der Waals surface area contributed by atoms with Crippen LogP contribution in [0.1, 0.15) is 32.8 Å². The van der Waals surface area contributed by atoms with Crippen molar-refractivity contribution < 1.29 is 4.79 Å². The minimum Gasteiger partial charge on any atom is -0.339 e. The number of aromatic nitrogens is 4. The summed E-state index contributed by atoms with van der Waals surface area (Å²) in [5, 5.41) is 4.85. The fourth-order valence-electron chi connectivity index (χ4n) is 4.33. The Morgan fingerprint density at radius 3 is 2.33 bits per heavy atom. The molecule has 3 heterocycles. The van der Waals surface area contributed by atoms with Gasteiger partial charge in [0.1, 0.15) is 0 Å². The highest BCUT2D eigenvalue weighted by molar-refractivity contribution is 7.71. The van der Waals surface area contributed by atoms with Gasteiger partial charge in [-0.3, -0.25) is 19.2 Å². The van der Waals surface area contributed by atoms with E-state index in [0.717, 1.165) is 47.8 Å². The molecule has 1 fully saturated rings. The van der Waals surface area contributed by atoms with Crippen LogP contribution in [0.3, 0.4) is 0 Å². The van der Waals surface area contributed by atoms with Crippen LogP contribution in [0.5, 0.6) is 0 Å². The first-order valence-electron chi connectivity index (χ1n) is 11.6. The van der Waals surface area contributed by atoms with Crippen LogP contribution in [-0.2, 0) is 23.4 Å². The standard InChI is InChI=1S/C25H32N6OS/c1-4-14-30-22(20-10-12-26-13-11-20)27-31(24(30)33)19-28-15-17-29(18-16-28)23(32)25(2,3)21-8-6-5-7-9-21/h5-13H,4,14-19H2,1-3H3. The molecule has 33 heavy (non-hydrogen) atoms. The van der Waals surface area contributed by atoms with E-state index in [2.05, 4.69) is 21.4 Å². The number of piperazine rings is 1. The Hall–Kier alpha value is -2.84. The van der Waals surface area contributed by atoms with Gasteiger partial charge in [-0.25, -0.2) is 4.68 Å². The number of carbonyl (C=O) groups excluding carboxylic acids is 1.